The highest BCUT2D eigenvalue weighted by Crippen LogP contribution is 2.29. The summed E-state index contributed by atoms with van der Waals surface area (Å²) >= 11 is 0. The van der Waals surface area contributed by atoms with E-state index in [0.717, 1.165) is 0 Å². The van der Waals surface area contributed by atoms with E-state index in [9.17, 15) is 13.9 Å². The van der Waals surface area contributed by atoms with E-state index < -0.39 is 5.82 Å². The Kier molecular flexibility index (Phi) is 4.30. The van der Waals surface area contributed by atoms with Crippen LogP contribution in [0.15, 0.2) is 41.4 Å². The summed E-state index contributed by atoms with van der Waals surface area (Å²) in [6.07, 6.45) is 1.33. The monoisotopic (exact) mass is 357 g/mol. The number of nitrogens with zero attached hydrogens (tertiary/aromatic N) is 2. The first-order valence-corrected chi connectivity index (χ1v) is 8.29. The van der Waals surface area contributed by atoms with Crippen LogP contribution in [0, 0.1) is 11.6 Å². The van der Waals surface area contributed by atoms with Crippen LogP contribution in [-0.2, 0) is 4.74 Å². The third kappa shape index (κ3) is 3.01. The Morgan fingerprint density at radius 2 is 1.92 bits per heavy atom. The summed E-state index contributed by atoms with van der Waals surface area (Å²) in [4.78, 5) is 8.82. The normalized spacial score (nSPS) is 15.2. The van der Waals surface area contributed by atoms with Crippen LogP contribution in [0.4, 0.5) is 20.2 Å². The molecule has 4 rings (SSSR count). The van der Waals surface area contributed by atoms with E-state index in [4.69, 9.17) is 4.74 Å². The molecular formula is C19H17F2N3O2. The van der Waals surface area contributed by atoms with E-state index >= 15 is 0 Å². The minimum absolute atomic E-state index is 0.181. The Balaban J connectivity index is 1.63. The smallest absolute Gasteiger partial charge is 0.198 e. The van der Waals surface area contributed by atoms with E-state index in [2.05, 4.69) is 9.98 Å². The minimum Gasteiger partial charge on any atom is -0.494 e. The van der Waals surface area contributed by atoms with Crippen molar-refractivity contribution in [2.45, 2.75) is 0 Å². The lowest BCUT2D eigenvalue weighted by Gasteiger charge is -2.29. The second-order valence-electron chi connectivity index (χ2n) is 6.04. The number of halogens is 2. The van der Waals surface area contributed by atoms with Gasteiger partial charge in [-0.2, -0.15) is 0 Å². The molecule has 1 aromatic heterocycles. The predicted octanol–water partition coefficient (Wildman–Crippen LogP) is 3.74. The Morgan fingerprint density at radius 3 is 2.69 bits per heavy atom. The summed E-state index contributed by atoms with van der Waals surface area (Å²) < 4.78 is 33.7. The molecule has 134 valence electrons. The number of rotatable bonds is 3. The predicted molar refractivity (Wildman–Crippen MR) is 96.6 cm³/mol. The van der Waals surface area contributed by atoms with Gasteiger partial charge in [0, 0.05) is 30.8 Å². The molecule has 5 nitrogen and oxygen atoms in total. The van der Waals surface area contributed by atoms with Gasteiger partial charge in [-0.25, -0.2) is 8.78 Å². The molecule has 1 aliphatic rings. The maximum atomic E-state index is 14.4. The van der Waals surface area contributed by atoms with Gasteiger partial charge in [0.2, 0.25) is 0 Å². The molecule has 26 heavy (non-hydrogen) atoms. The summed E-state index contributed by atoms with van der Waals surface area (Å²) in [5, 5.41) is 10.2. The summed E-state index contributed by atoms with van der Waals surface area (Å²) in [5.41, 5.74) is 1.59. The number of aliphatic imine (C=N–C) groups is 1. The maximum Gasteiger partial charge on any atom is 0.198 e. The van der Waals surface area contributed by atoms with Gasteiger partial charge in [-0.1, -0.05) is 6.07 Å². The Morgan fingerprint density at radius 1 is 1.12 bits per heavy atom. The van der Waals surface area contributed by atoms with Gasteiger partial charge >= 0.3 is 0 Å². The summed E-state index contributed by atoms with van der Waals surface area (Å²) in [7, 11) is 0. The lowest BCUT2D eigenvalue weighted by atomic mass is 10.1. The molecule has 2 N–H and O–H groups in total. The van der Waals surface area contributed by atoms with Crippen molar-refractivity contribution >= 4 is 28.5 Å². The van der Waals surface area contributed by atoms with Crippen LogP contribution >= 0.6 is 0 Å². The van der Waals surface area contributed by atoms with Gasteiger partial charge in [0.25, 0.3) is 0 Å². The van der Waals surface area contributed by atoms with E-state index in [1.54, 1.807) is 24.3 Å². The van der Waals surface area contributed by atoms with Crippen molar-refractivity contribution in [3.8, 4) is 5.88 Å². The van der Waals surface area contributed by atoms with E-state index in [-0.39, 0.29) is 22.6 Å². The largest absolute Gasteiger partial charge is 0.494 e. The van der Waals surface area contributed by atoms with Gasteiger partial charge in [0.05, 0.1) is 35.7 Å². The molecule has 0 saturated carbocycles. The molecule has 2 aromatic carbocycles. The third-order valence-electron chi connectivity index (χ3n) is 4.42. The number of hydrogen-bond donors (Lipinski definition) is 2. The molecule has 0 amide bonds. The fourth-order valence-electron chi connectivity index (χ4n) is 3.12. The number of aromatic hydroxyl groups is 1. The number of benzene rings is 2. The summed E-state index contributed by atoms with van der Waals surface area (Å²) in [5.74, 6) is -1.02. The summed E-state index contributed by atoms with van der Waals surface area (Å²) in [6.45, 7) is 2.43. The standard InChI is InChI=1S/C19H17F2N3O2/c20-14-2-1-3-16-18(14)13(19(25)23-16)11-22-12-4-5-17(15(21)10-12)24-6-8-26-9-7-24/h1-5,10-11,23,25H,6-9H2. The second-order valence-corrected chi connectivity index (χ2v) is 6.04. The molecule has 1 aliphatic heterocycles. The second kappa shape index (κ2) is 6.76. The SMILES string of the molecule is Oc1[nH]c2cccc(F)c2c1C=Nc1ccc(N2CCOCC2)c(F)c1. The third-order valence-corrected chi connectivity index (χ3v) is 4.42. The molecule has 7 heteroatoms. The highest BCUT2D eigenvalue weighted by Gasteiger charge is 2.16. The molecule has 1 fully saturated rings. The van der Waals surface area contributed by atoms with Gasteiger partial charge in [-0.3, -0.25) is 4.99 Å². The van der Waals surface area contributed by atoms with Gasteiger partial charge in [-0.05, 0) is 24.3 Å². The number of hydrogen-bond acceptors (Lipinski definition) is 4. The number of anilines is 1. The van der Waals surface area contributed by atoms with Crippen molar-refractivity contribution in [3.63, 3.8) is 0 Å². The van der Waals surface area contributed by atoms with Crippen LogP contribution in [0.1, 0.15) is 5.56 Å². The number of ether oxygens (including phenoxy) is 1. The van der Waals surface area contributed by atoms with Crippen LogP contribution in [0.25, 0.3) is 10.9 Å². The van der Waals surface area contributed by atoms with Crippen LogP contribution in [-0.4, -0.2) is 42.6 Å². The number of nitrogens with one attached hydrogen (secondary N) is 1. The van der Waals surface area contributed by atoms with Crippen LogP contribution < -0.4 is 4.90 Å². The molecule has 1 saturated heterocycles. The van der Waals surface area contributed by atoms with Crippen LogP contribution in [0.3, 0.4) is 0 Å². The van der Waals surface area contributed by atoms with Crippen molar-refractivity contribution in [3.05, 3.63) is 53.6 Å². The Hall–Kier alpha value is -2.93. The molecule has 0 unspecified atom stereocenters. The number of fused-ring (bicyclic) bond motifs is 1. The zero-order chi connectivity index (χ0) is 18.1. The zero-order valence-corrected chi connectivity index (χ0v) is 13.9. The fraction of sp³-hybridized carbons (Fsp3) is 0.211. The summed E-state index contributed by atoms with van der Waals surface area (Å²) in [6, 6.07) is 9.20. The van der Waals surface area contributed by atoms with Crippen LogP contribution in [0.2, 0.25) is 0 Å². The van der Waals surface area contributed by atoms with Gasteiger partial charge < -0.3 is 19.7 Å². The fourth-order valence-corrected chi connectivity index (χ4v) is 3.12. The average Bonchev–Trinajstić information content (AvgIpc) is 2.97. The Bertz CT molecular complexity index is 978. The van der Waals surface area contributed by atoms with Crippen molar-refractivity contribution in [1.29, 1.82) is 0 Å². The highest BCUT2D eigenvalue weighted by atomic mass is 19.1. The number of morpholine rings is 1. The Labute approximate surface area is 148 Å². The maximum absolute atomic E-state index is 14.4. The molecule has 0 bridgehead atoms. The van der Waals surface area contributed by atoms with Gasteiger partial charge in [-0.15, -0.1) is 0 Å². The molecule has 0 aliphatic carbocycles. The first kappa shape index (κ1) is 16.5. The minimum atomic E-state index is -0.464. The molecule has 0 radical (unpaired) electrons. The zero-order valence-electron chi connectivity index (χ0n) is 13.9. The van der Waals surface area contributed by atoms with Crippen molar-refractivity contribution in [1.82, 2.24) is 4.98 Å². The van der Waals surface area contributed by atoms with E-state index in [0.29, 0.717) is 43.2 Å². The first-order valence-electron chi connectivity index (χ1n) is 8.29. The topological polar surface area (TPSA) is 60.8 Å². The van der Waals surface area contributed by atoms with E-state index in [1.807, 2.05) is 4.90 Å². The van der Waals surface area contributed by atoms with Crippen molar-refractivity contribution < 1.29 is 18.6 Å². The van der Waals surface area contributed by atoms with Crippen molar-refractivity contribution in [2.75, 3.05) is 31.2 Å². The molecule has 3 aromatic rings. The first-order chi connectivity index (χ1) is 12.6. The van der Waals surface area contributed by atoms with Gasteiger partial charge in [0.1, 0.15) is 11.6 Å². The number of aromatic nitrogens is 1. The molecular weight excluding hydrogens is 340 g/mol. The van der Waals surface area contributed by atoms with Crippen molar-refractivity contribution in [2.24, 2.45) is 4.99 Å². The van der Waals surface area contributed by atoms with Crippen LogP contribution in [0.5, 0.6) is 5.88 Å². The average molecular weight is 357 g/mol. The number of H-pyrrole nitrogens is 1. The number of aromatic amines is 1. The quantitative estimate of drug-likeness (QED) is 0.702. The lowest BCUT2D eigenvalue weighted by Crippen LogP contribution is -2.36. The lowest BCUT2D eigenvalue weighted by molar-refractivity contribution is 0.122. The molecule has 2 heterocycles. The van der Waals surface area contributed by atoms with E-state index in [1.165, 1.54) is 18.3 Å². The molecule has 0 spiro atoms. The highest BCUT2D eigenvalue weighted by molar-refractivity contribution is 6.02. The van der Waals surface area contributed by atoms with Gasteiger partial charge in [0.15, 0.2) is 5.88 Å². The molecule has 0 atom stereocenters.